The first kappa shape index (κ1) is 19.3. The van der Waals surface area contributed by atoms with E-state index in [-0.39, 0.29) is 17.9 Å². The second kappa shape index (κ2) is 7.54. The van der Waals surface area contributed by atoms with Crippen molar-refractivity contribution in [3.63, 3.8) is 0 Å². The second-order valence-electron chi connectivity index (χ2n) is 8.56. The predicted molar refractivity (Wildman–Crippen MR) is 117 cm³/mol. The number of nitrogens with one attached hydrogen (secondary N) is 1. The molecule has 1 fully saturated rings. The molecule has 1 unspecified atom stereocenters. The summed E-state index contributed by atoms with van der Waals surface area (Å²) in [5, 5.41) is 5.27. The number of nitrogens with zero attached hydrogens (tertiary/aromatic N) is 3. The van der Waals surface area contributed by atoms with Gasteiger partial charge in [-0.25, -0.2) is 4.98 Å². The van der Waals surface area contributed by atoms with Crippen LogP contribution < -0.4 is 5.32 Å². The summed E-state index contributed by atoms with van der Waals surface area (Å²) in [4.78, 5) is 34.6. The van der Waals surface area contributed by atoms with Gasteiger partial charge in [0.25, 0.3) is 5.91 Å². The van der Waals surface area contributed by atoms with Crippen molar-refractivity contribution in [3.05, 3.63) is 52.5 Å². The summed E-state index contributed by atoms with van der Waals surface area (Å²) >= 11 is 1.60. The van der Waals surface area contributed by atoms with E-state index in [9.17, 15) is 9.59 Å². The first-order valence-corrected chi connectivity index (χ1v) is 11.5. The molecule has 0 spiro atoms. The van der Waals surface area contributed by atoms with Crippen LogP contribution in [-0.4, -0.2) is 37.8 Å². The molecule has 1 N–H and O–H groups in total. The highest BCUT2D eigenvalue weighted by Gasteiger charge is 2.48. The Labute approximate surface area is 179 Å². The maximum Gasteiger partial charge on any atom is 0.291 e. The fourth-order valence-electron chi connectivity index (χ4n) is 4.72. The molecule has 0 radical (unpaired) electrons. The minimum absolute atomic E-state index is 0.0669. The number of benzene rings is 1. The van der Waals surface area contributed by atoms with Gasteiger partial charge in [0, 0.05) is 10.9 Å². The van der Waals surface area contributed by atoms with Crippen molar-refractivity contribution in [3.8, 4) is 0 Å². The minimum atomic E-state index is -0.977. The molecule has 30 heavy (non-hydrogen) atoms. The first-order valence-electron chi connectivity index (χ1n) is 10.7. The molecule has 2 aliphatic rings. The van der Waals surface area contributed by atoms with E-state index in [0.29, 0.717) is 18.9 Å². The lowest BCUT2D eigenvalue weighted by molar-refractivity contribution is -0.134. The summed E-state index contributed by atoms with van der Waals surface area (Å²) in [6, 6.07) is 11.9. The third kappa shape index (κ3) is 3.21. The molecule has 5 rings (SSSR count). The average Bonchev–Trinajstić information content (AvgIpc) is 3.40. The number of rotatable bonds is 4. The Hall–Kier alpha value is -2.67. The normalized spacial score (nSPS) is 22.3. The van der Waals surface area contributed by atoms with Crippen LogP contribution in [0.5, 0.6) is 0 Å². The number of fused-ring (bicyclic) bond motifs is 3. The van der Waals surface area contributed by atoms with Crippen LogP contribution >= 0.6 is 11.3 Å². The third-order valence-electron chi connectivity index (χ3n) is 6.48. The molecule has 7 heteroatoms. The van der Waals surface area contributed by atoms with Gasteiger partial charge >= 0.3 is 0 Å². The molecule has 3 heterocycles. The van der Waals surface area contributed by atoms with Gasteiger partial charge in [-0.05, 0) is 43.3 Å². The maximum absolute atomic E-state index is 13.6. The number of aromatic nitrogens is 2. The smallest absolute Gasteiger partial charge is 0.291 e. The van der Waals surface area contributed by atoms with Gasteiger partial charge in [-0.3, -0.25) is 9.59 Å². The number of carbonyl (C=O) groups is 2. The van der Waals surface area contributed by atoms with Crippen molar-refractivity contribution in [2.45, 2.75) is 63.7 Å². The van der Waals surface area contributed by atoms with Crippen LogP contribution in [0.15, 0.2) is 41.8 Å². The van der Waals surface area contributed by atoms with Gasteiger partial charge in [-0.15, -0.1) is 11.3 Å². The van der Waals surface area contributed by atoms with Crippen molar-refractivity contribution in [1.82, 2.24) is 19.8 Å². The summed E-state index contributed by atoms with van der Waals surface area (Å²) in [5.41, 5.74) is 0.705. The predicted octanol–water partition coefficient (Wildman–Crippen LogP) is 3.96. The molecule has 2 amide bonds. The highest BCUT2D eigenvalue weighted by atomic mass is 32.1. The summed E-state index contributed by atoms with van der Waals surface area (Å²) in [5.74, 6) is 0.158. The molecule has 1 aliphatic heterocycles. The molecule has 156 valence electrons. The molecule has 0 bridgehead atoms. The van der Waals surface area contributed by atoms with Crippen molar-refractivity contribution in [2.24, 2.45) is 0 Å². The van der Waals surface area contributed by atoms with Crippen LogP contribution in [0.4, 0.5) is 0 Å². The van der Waals surface area contributed by atoms with E-state index < -0.39 is 5.54 Å². The van der Waals surface area contributed by atoms with Gasteiger partial charge in [0.15, 0.2) is 5.82 Å². The van der Waals surface area contributed by atoms with Crippen LogP contribution in [0.1, 0.15) is 54.5 Å². The number of hydrogen-bond donors (Lipinski definition) is 1. The molecule has 1 atom stereocenters. The molecule has 1 aromatic carbocycles. The Morgan fingerprint density at radius 2 is 2.00 bits per heavy atom. The Kier molecular flexibility index (Phi) is 4.85. The van der Waals surface area contributed by atoms with Crippen LogP contribution in [0, 0.1) is 0 Å². The van der Waals surface area contributed by atoms with E-state index in [1.165, 1.54) is 6.42 Å². The summed E-state index contributed by atoms with van der Waals surface area (Å²) in [6.45, 7) is 2.71. The van der Waals surface area contributed by atoms with Gasteiger partial charge in [0.05, 0.1) is 24.1 Å². The lowest BCUT2D eigenvalue weighted by atomic mass is 9.91. The number of amides is 2. The van der Waals surface area contributed by atoms with E-state index in [2.05, 4.69) is 10.3 Å². The SMILES string of the molecule is CC1(C(=O)NC2CCCCC2)Cn2c(nc3ccccc32)C(=O)N1Cc1cccs1. The first-order chi connectivity index (χ1) is 14.6. The van der Waals surface area contributed by atoms with Crippen LogP contribution in [0.2, 0.25) is 0 Å². The Morgan fingerprint density at radius 3 is 2.77 bits per heavy atom. The summed E-state index contributed by atoms with van der Waals surface area (Å²) in [7, 11) is 0. The average molecular weight is 423 g/mol. The molecule has 1 saturated carbocycles. The lowest BCUT2D eigenvalue weighted by Crippen LogP contribution is -2.64. The van der Waals surface area contributed by atoms with Gasteiger partial charge in [0.2, 0.25) is 5.91 Å². The van der Waals surface area contributed by atoms with Crippen LogP contribution in [-0.2, 0) is 17.9 Å². The number of carbonyl (C=O) groups excluding carboxylic acids is 2. The maximum atomic E-state index is 13.6. The zero-order valence-electron chi connectivity index (χ0n) is 17.1. The molecule has 1 aliphatic carbocycles. The van der Waals surface area contributed by atoms with E-state index in [1.54, 1.807) is 16.2 Å². The van der Waals surface area contributed by atoms with Gasteiger partial charge in [-0.1, -0.05) is 37.5 Å². The standard InChI is InChI=1S/C23H26N4O2S/c1-23(22(29)24-16-8-3-2-4-9-16)15-26-19-12-6-5-11-18(19)25-20(26)21(28)27(23)14-17-10-7-13-30-17/h5-7,10-13,16H,2-4,8-9,14-15H2,1H3,(H,24,29). The Bertz CT molecular complexity index is 1080. The molecule has 2 aromatic heterocycles. The second-order valence-corrected chi connectivity index (χ2v) is 9.60. The Morgan fingerprint density at radius 1 is 1.20 bits per heavy atom. The zero-order chi connectivity index (χ0) is 20.7. The van der Waals surface area contributed by atoms with E-state index in [1.807, 2.05) is 53.3 Å². The third-order valence-corrected chi connectivity index (χ3v) is 7.34. The molecule has 3 aromatic rings. The number of thiophene rings is 1. The zero-order valence-corrected chi connectivity index (χ0v) is 18.0. The van der Waals surface area contributed by atoms with Crippen LogP contribution in [0.25, 0.3) is 11.0 Å². The molecular formula is C23H26N4O2S. The van der Waals surface area contributed by atoms with E-state index in [0.717, 1.165) is 41.6 Å². The Balaban J connectivity index is 1.54. The van der Waals surface area contributed by atoms with Gasteiger partial charge < -0.3 is 14.8 Å². The van der Waals surface area contributed by atoms with E-state index in [4.69, 9.17) is 0 Å². The van der Waals surface area contributed by atoms with Gasteiger partial charge in [-0.2, -0.15) is 0 Å². The van der Waals surface area contributed by atoms with Crippen molar-refractivity contribution in [2.75, 3.05) is 0 Å². The highest BCUT2D eigenvalue weighted by molar-refractivity contribution is 7.09. The quantitative estimate of drug-likeness (QED) is 0.692. The van der Waals surface area contributed by atoms with Crippen molar-refractivity contribution < 1.29 is 9.59 Å². The molecular weight excluding hydrogens is 396 g/mol. The number of para-hydroxylation sites is 2. The lowest BCUT2D eigenvalue weighted by Gasteiger charge is -2.44. The number of imidazole rings is 1. The van der Waals surface area contributed by atoms with Gasteiger partial charge in [0.1, 0.15) is 5.54 Å². The fourth-order valence-corrected chi connectivity index (χ4v) is 5.42. The fraction of sp³-hybridized carbons (Fsp3) is 0.435. The summed E-state index contributed by atoms with van der Waals surface area (Å²) in [6.07, 6.45) is 5.56. The van der Waals surface area contributed by atoms with Crippen molar-refractivity contribution in [1.29, 1.82) is 0 Å². The minimum Gasteiger partial charge on any atom is -0.351 e. The van der Waals surface area contributed by atoms with Crippen LogP contribution in [0.3, 0.4) is 0 Å². The number of hydrogen-bond acceptors (Lipinski definition) is 4. The molecule has 0 saturated heterocycles. The monoisotopic (exact) mass is 422 g/mol. The van der Waals surface area contributed by atoms with E-state index >= 15 is 0 Å². The topological polar surface area (TPSA) is 67.2 Å². The highest BCUT2D eigenvalue weighted by Crippen LogP contribution is 2.33. The largest absolute Gasteiger partial charge is 0.351 e. The summed E-state index contributed by atoms with van der Waals surface area (Å²) < 4.78 is 1.92. The molecule has 6 nitrogen and oxygen atoms in total. The van der Waals surface area contributed by atoms with Crippen molar-refractivity contribution >= 4 is 34.2 Å².